The Balaban J connectivity index is 1.74. The smallest absolute Gasteiger partial charge is 0.256 e. The first-order valence-corrected chi connectivity index (χ1v) is 8.18. The standard InChI is InChI=1S/C19H21FN2O2/c20-15-6-3-5-14(11-15)12-21-18-9-2-1-8-17(18)19(24)22-10-4-7-16(23)13-22/h1-3,5-6,8-9,11,16,21,23H,4,7,10,12-13H2/t16-/m1/s1. The second-order valence-electron chi connectivity index (χ2n) is 6.08. The fraction of sp³-hybridized carbons (Fsp3) is 0.316. The van der Waals surface area contributed by atoms with E-state index in [2.05, 4.69) is 5.32 Å². The van der Waals surface area contributed by atoms with Crippen LogP contribution < -0.4 is 5.32 Å². The molecule has 1 saturated heterocycles. The molecule has 1 atom stereocenters. The van der Waals surface area contributed by atoms with E-state index in [1.807, 2.05) is 24.3 Å². The zero-order valence-corrected chi connectivity index (χ0v) is 13.4. The van der Waals surface area contributed by atoms with Crippen molar-refractivity contribution < 1.29 is 14.3 Å². The fourth-order valence-electron chi connectivity index (χ4n) is 2.98. The predicted molar refractivity (Wildman–Crippen MR) is 91.3 cm³/mol. The van der Waals surface area contributed by atoms with Gasteiger partial charge in [0.1, 0.15) is 5.82 Å². The molecule has 0 bridgehead atoms. The first-order chi connectivity index (χ1) is 11.6. The molecule has 0 aliphatic carbocycles. The number of piperidine rings is 1. The quantitative estimate of drug-likeness (QED) is 0.907. The van der Waals surface area contributed by atoms with Gasteiger partial charge < -0.3 is 15.3 Å². The lowest BCUT2D eigenvalue weighted by molar-refractivity contribution is 0.0474. The number of aliphatic hydroxyl groups excluding tert-OH is 1. The Hall–Kier alpha value is -2.40. The van der Waals surface area contributed by atoms with Crippen molar-refractivity contribution in [3.8, 4) is 0 Å². The average Bonchev–Trinajstić information content (AvgIpc) is 2.60. The van der Waals surface area contributed by atoms with E-state index in [9.17, 15) is 14.3 Å². The van der Waals surface area contributed by atoms with E-state index < -0.39 is 6.10 Å². The van der Waals surface area contributed by atoms with Crippen LogP contribution in [0.15, 0.2) is 48.5 Å². The van der Waals surface area contributed by atoms with Gasteiger partial charge in [-0.05, 0) is 42.7 Å². The maximum absolute atomic E-state index is 13.3. The highest BCUT2D eigenvalue weighted by molar-refractivity contribution is 5.99. The van der Waals surface area contributed by atoms with Crippen LogP contribution in [-0.2, 0) is 6.54 Å². The molecule has 1 aliphatic heterocycles. The van der Waals surface area contributed by atoms with E-state index in [4.69, 9.17) is 0 Å². The number of nitrogens with zero attached hydrogens (tertiary/aromatic N) is 1. The normalized spacial score (nSPS) is 17.6. The molecule has 5 heteroatoms. The summed E-state index contributed by atoms with van der Waals surface area (Å²) in [6.45, 7) is 1.47. The molecule has 0 radical (unpaired) electrons. The Morgan fingerprint density at radius 1 is 1.25 bits per heavy atom. The number of halogens is 1. The van der Waals surface area contributed by atoms with Crippen LogP contribution in [0.25, 0.3) is 0 Å². The van der Waals surface area contributed by atoms with Crippen molar-refractivity contribution in [2.45, 2.75) is 25.5 Å². The number of para-hydroxylation sites is 1. The Bertz CT molecular complexity index is 720. The number of hydrogen-bond donors (Lipinski definition) is 2. The lowest BCUT2D eigenvalue weighted by Crippen LogP contribution is -2.42. The Kier molecular flexibility index (Phi) is 5.11. The van der Waals surface area contributed by atoms with Crippen LogP contribution in [0.5, 0.6) is 0 Å². The topological polar surface area (TPSA) is 52.6 Å². The van der Waals surface area contributed by atoms with Crippen molar-refractivity contribution in [3.05, 3.63) is 65.5 Å². The summed E-state index contributed by atoms with van der Waals surface area (Å²) >= 11 is 0. The number of rotatable bonds is 4. The fourth-order valence-corrected chi connectivity index (χ4v) is 2.98. The first kappa shape index (κ1) is 16.5. The highest BCUT2D eigenvalue weighted by Crippen LogP contribution is 2.21. The number of carbonyl (C=O) groups is 1. The van der Waals surface area contributed by atoms with E-state index in [1.54, 1.807) is 17.0 Å². The summed E-state index contributed by atoms with van der Waals surface area (Å²) < 4.78 is 13.3. The molecule has 4 nitrogen and oxygen atoms in total. The number of benzene rings is 2. The molecule has 0 aromatic heterocycles. The van der Waals surface area contributed by atoms with Crippen molar-refractivity contribution in [2.24, 2.45) is 0 Å². The number of amides is 1. The SMILES string of the molecule is O=C(c1ccccc1NCc1cccc(F)c1)N1CCC[C@@H](O)C1. The summed E-state index contributed by atoms with van der Waals surface area (Å²) in [5.74, 6) is -0.364. The van der Waals surface area contributed by atoms with Gasteiger partial charge in [0.05, 0.1) is 11.7 Å². The molecule has 0 spiro atoms. The molecule has 2 aromatic carbocycles. The van der Waals surface area contributed by atoms with E-state index in [0.717, 1.165) is 18.4 Å². The van der Waals surface area contributed by atoms with Crippen molar-refractivity contribution in [1.29, 1.82) is 0 Å². The van der Waals surface area contributed by atoms with Gasteiger partial charge in [0.25, 0.3) is 5.91 Å². The second kappa shape index (κ2) is 7.45. The number of likely N-dealkylation sites (tertiary alicyclic amines) is 1. The molecule has 24 heavy (non-hydrogen) atoms. The molecular weight excluding hydrogens is 307 g/mol. The van der Waals surface area contributed by atoms with Gasteiger partial charge in [-0.1, -0.05) is 24.3 Å². The molecule has 1 heterocycles. The van der Waals surface area contributed by atoms with Crippen molar-refractivity contribution in [3.63, 3.8) is 0 Å². The molecule has 126 valence electrons. The summed E-state index contributed by atoms with van der Waals surface area (Å²) in [6.07, 6.45) is 1.10. The van der Waals surface area contributed by atoms with Crippen molar-refractivity contribution in [2.75, 3.05) is 18.4 Å². The van der Waals surface area contributed by atoms with E-state index >= 15 is 0 Å². The van der Waals surface area contributed by atoms with E-state index in [1.165, 1.54) is 12.1 Å². The zero-order chi connectivity index (χ0) is 16.9. The maximum Gasteiger partial charge on any atom is 0.256 e. The predicted octanol–water partition coefficient (Wildman–Crippen LogP) is 3.03. The monoisotopic (exact) mass is 328 g/mol. The highest BCUT2D eigenvalue weighted by Gasteiger charge is 2.24. The van der Waals surface area contributed by atoms with Gasteiger partial charge in [-0.3, -0.25) is 4.79 Å². The molecule has 2 aromatic rings. The van der Waals surface area contributed by atoms with Gasteiger partial charge in [0, 0.05) is 25.3 Å². The molecule has 3 rings (SSSR count). The minimum absolute atomic E-state index is 0.0870. The van der Waals surface area contributed by atoms with Crippen LogP contribution in [0, 0.1) is 5.82 Å². The summed E-state index contributed by atoms with van der Waals surface area (Å²) in [4.78, 5) is 14.4. The Morgan fingerprint density at radius 3 is 2.88 bits per heavy atom. The number of aliphatic hydroxyl groups is 1. The Morgan fingerprint density at radius 2 is 2.08 bits per heavy atom. The number of carbonyl (C=O) groups excluding carboxylic acids is 1. The summed E-state index contributed by atoms with van der Waals surface area (Å²) in [6, 6.07) is 13.7. The molecule has 2 N–H and O–H groups in total. The van der Waals surface area contributed by atoms with Gasteiger partial charge in [0.2, 0.25) is 0 Å². The summed E-state index contributed by atoms with van der Waals surface area (Å²) in [5.41, 5.74) is 2.10. The van der Waals surface area contributed by atoms with Gasteiger partial charge in [-0.25, -0.2) is 4.39 Å². The molecule has 0 unspecified atom stereocenters. The lowest BCUT2D eigenvalue weighted by atomic mass is 10.1. The number of anilines is 1. The van der Waals surface area contributed by atoms with Crippen molar-refractivity contribution in [1.82, 2.24) is 4.90 Å². The van der Waals surface area contributed by atoms with Gasteiger partial charge in [0.15, 0.2) is 0 Å². The Labute approximate surface area is 140 Å². The number of nitrogens with one attached hydrogen (secondary N) is 1. The summed E-state index contributed by atoms with van der Waals surface area (Å²) in [7, 11) is 0. The van der Waals surface area contributed by atoms with E-state index in [-0.39, 0.29) is 11.7 Å². The zero-order valence-electron chi connectivity index (χ0n) is 13.4. The van der Waals surface area contributed by atoms with Gasteiger partial charge >= 0.3 is 0 Å². The third-order valence-electron chi connectivity index (χ3n) is 4.21. The maximum atomic E-state index is 13.3. The van der Waals surface area contributed by atoms with Crippen LogP contribution >= 0.6 is 0 Å². The van der Waals surface area contributed by atoms with Crippen LogP contribution in [0.3, 0.4) is 0 Å². The molecule has 1 fully saturated rings. The largest absolute Gasteiger partial charge is 0.391 e. The third-order valence-corrected chi connectivity index (χ3v) is 4.21. The van der Waals surface area contributed by atoms with Crippen molar-refractivity contribution >= 4 is 11.6 Å². The van der Waals surface area contributed by atoms with Crippen LogP contribution in [-0.4, -0.2) is 35.1 Å². The highest BCUT2D eigenvalue weighted by atomic mass is 19.1. The second-order valence-corrected chi connectivity index (χ2v) is 6.08. The average molecular weight is 328 g/mol. The molecular formula is C19H21FN2O2. The van der Waals surface area contributed by atoms with Crippen LogP contribution in [0.2, 0.25) is 0 Å². The van der Waals surface area contributed by atoms with Gasteiger partial charge in [-0.2, -0.15) is 0 Å². The van der Waals surface area contributed by atoms with Gasteiger partial charge in [-0.15, -0.1) is 0 Å². The van der Waals surface area contributed by atoms with Crippen LogP contribution in [0.4, 0.5) is 10.1 Å². The lowest BCUT2D eigenvalue weighted by Gasteiger charge is -2.30. The molecule has 0 saturated carbocycles. The van der Waals surface area contributed by atoms with Crippen LogP contribution in [0.1, 0.15) is 28.8 Å². The number of hydrogen-bond acceptors (Lipinski definition) is 3. The molecule has 1 aliphatic rings. The minimum atomic E-state index is -0.449. The third kappa shape index (κ3) is 3.92. The first-order valence-electron chi connectivity index (χ1n) is 8.18. The van der Waals surface area contributed by atoms with E-state index in [0.29, 0.717) is 30.9 Å². The molecule has 1 amide bonds. The minimum Gasteiger partial charge on any atom is -0.391 e. The number of β-amino-alcohol motifs (C(OH)–C–C–N with tert-alkyl or cyclic N) is 1. The summed E-state index contributed by atoms with van der Waals surface area (Å²) in [5, 5.41) is 13.0.